The first-order chi connectivity index (χ1) is 12.8. The van der Waals surface area contributed by atoms with E-state index < -0.39 is 0 Å². The van der Waals surface area contributed by atoms with Gasteiger partial charge in [-0.3, -0.25) is 0 Å². The summed E-state index contributed by atoms with van der Waals surface area (Å²) in [5.41, 5.74) is 2.06. The fourth-order valence-electron chi connectivity index (χ4n) is 4.01. The van der Waals surface area contributed by atoms with Crippen molar-refractivity contribution in [3.05, 3.63) is 54.2 Å². The molecule has 1 aliphatic carbocycles. The molecule has 0 saturated heterocycles. The molecule has 1 aromatic carbocycles. The SMILES string of the molecule is CCC1(CCc2ccc(OCCCNc3ccccn3)cc2)CCCC1. The van der Waals surface area contributed by atoms with E-state index in [1.54, 1.807) is 6.20 Å². The van der Waals surface area contributed by atoms with Gasteiger partial charge in [0.05, 0.1) is 6.61 Å². The molecule has 1 saturated carbocycles. The van der Waals surface area contributed by atoms with E-state index in [9.17, 15) is 0 Å². The van der Waals surface area contributed by atoms with Crippen molar-refractivity contribution in [3.63, 3.8) is 0 Å². The van der Waals surface area contributed by atoms with E-state index in [1.807, 2.05) is 18.2 Å². The molecule has 0 atom stereocenters. The minimum absolute atomic E-state index is 0.621. The summed E-state index contributed by atoms with van der Waals surface area (Å²) in [4.78, 5) is 4.25. The molecule has 2 aromatic rings. The van der Waals surface area contributed by atoms with Gasteiger partial charge in [-0.25, -0.2) is 4.98 Å². The maximum atomic E-state index is 5.86. The summed E-state index contributed by atoms with van der Waals surface area (Å²) in [6.07, 6.45) is 12.3. The number of hydrogen-bond donors (Lipinski definition) is 1. The Morgan fingerprint density at radius 1 is 1.08 bits per heavy atom. The van der Waals surface area contributed by atoms with Crippen LogP contribution in [0.25, 0.3) is 0 Å². The van der Waals surface area contributed by atoms with Crippen molar-refractivity contribution < 1.29 is 4.74 Å². The van der Waals surface area contributed by atoms with Crippen molar-refractivity contribution in [2.75, 3.05) is 18.5 Å². The van der Waals surface area contributed by atoms with Crippen LogP contribution in [0, 0.1) is 5.41 Å². The molecular formula is C23H32N2O. The lowest BCUT2D eigenvalue weighted by Gasteiger charge is -2.27. The summed E-state index contributed by atoms with van der Waals surface area (Å²) in [6.45, 7) is 3.96. The molecule has 1 aromatic heterocycles. The molecule has 1 fully saturated rings. The summed E-state index contributed by atoms with van der Waals surface area (Å²) >= 11 is 0. The van der Waals surface area contributed by atoms with Crippen molar-refractivity contribution in [1.82, 2.24) is 4.98 Å². The summed E-state index contributed by atoms with van der Waals surface area (Å²) in [7, 11) is 0. The monoisotopic (exact) mass is 352 g/mol. The Hall–Kier alpha value is -2.03. The quantitative estimate of drug-likeness (QED) is 0.543. The van der Waals surface area contributed by atoms with Crippen LogP contribution in [0.2, 0.25) is 0 Å². The van der Waals surface area contributed by atoms with Crippen LogP contribution >= 0.6 is 0 Å². The molecule has 3 heteroatoms. The zero-order valence-corrected chi connectivity index (χ0v) is 16.0. The Morgan fingerprint density at radius 2 is 1.88 bits per heavy atom. The van der Waals surface area contributed by atoms with Crippen LogP contribution in [-0.4, -0.2) is 18.1 Å². The second-order valence-electron chi connectivity index (χ2n) is 7.55. The maximum absolute atomic E-state index is 5.86. The molecule has 1 N–H and O–H groups in total. The predicted octanol–water partition coefficient (Wildman–Crippen LogP) is 5.87. The van der Waals surface area contributed by atoms with Crippen molar-refractivity contribution >= 4 is 5.82 Å². The number of aromatic nitrogens is 1. The highest BCUT2D eigenvalue weighted by atomic mass is 16.5. The van der Waals surface area contributed by atoms with Gasteiger partial charge in [-0.15, -0.1) is 0 Å². The van der Waals surface area contributed by atoms with Crippen LogP contribution in [-0.2, 0) is 6.42 Å². The number of benzene rings is 1. The van der Waals surface area contributed by atoms with Gasteiger partial charge in [0.2, 0.25) is 0 Å². The standard InChI is InChI=1S/C23H32N2O/c1-2-23(14-4-5-15-23)16-13-20-9-11-21(12-10-20)26-19-7-18-25-22-8-3-6-17-24-22/h3,6,8-12,17H,2,4-5,7,13-16,18-19H2,1H3,(H,24,25). The second kappa shape index (κ2) is 9.61. The van der Waals surface area contributed by atoms with Crippen molar-refractivity contribution in [3.8, 4) is 5.75 Å². The molecule has 1 aliphatic rings. The highest BCUT2D eigenvalue weighted by molar-refractivity contribution is 5.32. The van der Waals surface area contributed by atoms with Gasteiger partial charge in [-0.1, -0.05) is 44.4 Å². The molecule has 0 bridgehead atoms. The van der Waals surface area contributed by atoms with Gasteiger partial charge >= 0.3 is 0 Å². The highest BCUT2D eigenvalue weighted by Gasteiger charge is 2.31. The zero-order valence-electron chi connectivity index (χ0n) is 16.0. The number of nitrogens with one attached hydrogen (secondary N) is 1. The highest BCUT2D eigenvalue weighted by Crippen LogP contribution is 2.44. The molecular weight excluding hydrogens is 320 g/mol. The third-order valence-electron chi connectivity index (χ3n) is 5.84. The molecule has 1 heterocycles. The van der Waals surface area contributed by atoms with Gasteiger partial charge in [-0.2, -0.15) is 0 Å². The molecule has 0 aliphatic heterocycles. The van der Waals surface area contributed by atoms with Gasteiger partial charge in [-0.05, 0) is 67.3 Å². The Kier molecular flexibility index (Phi) is 6.93. The van der Waals surface area contributed by atoms with E-state index in [0.29, 0.717) is 5.41 Å². The third-order valence-corrected chi connectivity index (χ3v) is 5.84. The van der Waals surface area contributed by atoms with Gasteiger partial charge in [0.25, 0.3) is 0 Å². The van der Waals surface area contributed by atoms with Gasteiger partial charge < -0.3 is 10.1 Å². The average Bonchev–Trinajstić information content (AvgIpc) is 3.17. The van der Waals surface area contributed by atoms with Gasteiger partial charge in [0.1, 0.15) is 11.6 Å². The molecule has 0 amide bonds. The Morgan fingerprint density at radius 3 is 2.58 bits per heavy atom. The van der Waals surface area contributed by atoms with E-state index in [2.05, 4.69) is 41.5 Å². The third kappa shape index (κ3) is 5.48. The number of ether oxygens (including phenoxy) is 1. The van der Waals surface area contributed by atoms with E-state index in [1.165, 1.54) is 50.5 Å². The normalized spacial score (nSPS) is 15.7. The molecule has 3 rings (SSSR count). The van der Waals surface area contributed by atoms with E-state index in [-0.39, 0.29) is 0 Å². The minimum Gasteiger partial charge on any atom is -0.494 e. The van der Waals surface area contributed by atoms with E-state index in [4.69, 9.17) is 4.74 Å². The minimum atomic E-state index is 0.621. The number of aryl methyl sites for hydroxylation is 1. The molecule has 140 valence electrons. The Bertz CT molecular complexity index is 633. The molecule has 26 heavy (non-hydrogen) atoms. The van der Waals surface area contributed by atoms with E-state index in [0.717, 1.165) is 31.1 Å². The molecule has 3 nitrogen and oxygen atoms in total. The Labute approximate surface area is 158 Å². The van der Waals surface area contributed by atoms with Gasteiger partial charge in [0, 0.05) is 12.7 Å². The van der Waals surface area contributed by atoms with Crippen LogP contribution in [0.4, 0.5) is 5.82 Å². The fourth-order valence-corrected chi connectivity index (χ4v) is 4.01. The number of pyridine rings is 1. The van der Waals surface area contributed by atoms with Crippen LogP contribution in [0.3, 0.4) is 0 Å². The van der Waals surface area contributed by atoms with Crippen molar-refractivity contribution in [1.29, 1.82) is 0 Å². The van der Waals surface area contributed by atoms with Crippen LogP contribution in [0.15, 0.2) is 48.7 Å². The van der Waals surface area contributed by atoms with Gasteiger partial charge in [0.15, 0.2) is 0 Å². The number of rotatable bonds is 10. The second-order valence-corrected chi connectivity index (χ2v) is 7.55. The maximum Gasteiger partial charge on any atom is 0.125 e. The predicted molar refractivity (Wildman–Crippen MR) is 109 cm³/mol. The van der Waals surface area contributed by atoms with Crippen molar-refractivity contribution in [2.45, 2.75) is 58.3 Å². The lowest BCUT2D eigenvalue weighted by molar-refractivity contribution is 0.260. The fraction of sp³-hybridized carbons (Fsp3) is 0.522. The zero-order chi connectivity index (χ0) is 18.1. The van der Waals surface area contributed by atoms with Crippen LogP contribution in [0.5, 0.6) is 5.75 Å². The summed E-state index contributed by atoms with van der Waals surface area (Å²) in [5.74, 6) is 1.89. The number of nitrogens with zero attached hydrogens (tertiary/aromatic N) is 1. The Balaban J connectivity index is 1.35. The first-order valence-corrected chi connectivity index (χ1v) is 10.2. The van der Waals surface area contributed by atoms with E-state index >= 15 is 0 Å². The molecule has 0 unspecified atom stereocenters. The smallest absolute Gasteiger partial charge is 0.125 e. The first-order valence-electron chi connectivity index (χ1n) is 10.2. The first kappa shape index (κ1) is 18.8. The lowest BCUT2D eigenvalue weighted by Crippen LogP contribution is -2.15. The number of anilines is 1. The van der Waals surface area contributed by atoms with Crippen molar-refractivity contribution in [2.24, 2.45) is 5.41 Å². The topological polar surface area (TPSA) is 34.1 Å². The van der Waals surface area contributed by atoms with Crippen LogP contribution < -0.4 is 10.1 Å². The average molecular weight is 353 g/mol. The molecule has 0 radical (unpaired) electrons. The largest absolute Gasteiger partial charge is 0.494 e. The summed E-state index contributed by atoms with van der Waals surface area (Å²) < 4.78 is 5.86. The van der Waals surface area contributed by atoms with Crippen LogP contribution in [0.1, 0.15) is 57.4 Å². The summed E-state index contributed by atoms with van der Waals surface area (Å²) in [5, 5.41) is 3.30. The molecule has 0 spiro atoms. The lowest BCUT2D eigenvalue weighted by atomic mass is 9.78. The number of hydrogen-bond acceptors (Lipinski definition) is 3. The summed E-state index contributed by atoms with van der Waals surface area (Å²) in [6, 6.07) is 14.6.